The first-order valence-corrected chi connectivity index (χ1v) is 7.39. The zero-order valence-electron chi connectivity index (χ0n) is 11.7. The Morgan fingerprint density at radius 2 is 2.05 bits per heavy atom. The van der Waals surface area contributed by atoms with Gasteiger partial charge in [-0.2, -0.15) is 0 Å². The van der Waals surface area contributed by atoms with Gasteiger partial charge in [-0.25, -0.2) is 4.39 Å². The molecule has 0 aliphatic heterocycles. The van der Waals surface area contributed by atoms with E-state index in [0.717, 1.165) is 13.1 Å². The van der Waals surface area contributed by atoms with Gasteiger partial charge in [0.2, 0.25) is 0 Å². The van der Waals surface area contributed by atoms with Crippen LogP contribution in [-0.4, -0.2) is 29.1 Å². The van der Waals surface area contributed by atoms with Gasteiger partial charge in [-0.05, 0) is 38.3 Å². The van der Waals surface area contributed by atoms with Gasteiger partial charge in [0, 0.05) is 18.2 Å². The molecule has 1 N–H and O–H groups in total. The normalized spacial score (nSPS) is 16.8. The van der Waals surface area contributed by atoms with Crippen molar-refractivity contribution in [2.24, 2.45) is 0 Å². The van der Waals surface area contributed by atoms with Crippen LogP contribution in [-0.2, 0) is 0 Å². The minimum absolute atomic E-state index is 0.304. The van der Waals surface area contributed by atoms with Crippen LogP contribution in [0.4, 0.5) is 4.39 Å². The van der Waals surface area contributed by atoms with E-state index in [0.29, 0.717) is 18.0 Å². The van der Waals surface area contributed by atoms with Crippen LogP contribution in [0, 0.1) is 5.82 Å². The Hall–Kier alpha value is -0.930. The van der Waals surface area contributed by atoms with Crippen LogP contribution in [0.2, 0.25) is 0 Å². The second kappa shape index (κ2) is 7.01. The number of aliphatic hydroxyl groups is 1. The molecule has 2 rings (SSSR count). The molecule has 1 aromatic carbocycles. The number of halogens is 1. The summed E-state index contributed by atoms with van der Waals surface area (Å²) in [7, 11) is 0. The molecule has 0 spiro atoms. The Kier molecular flexibility index (Phi) is 5.34. The first-order valence-electron chi connectivity index (χ1n) is 7.39. The Morgan fingerprint density at radius 1 is 1.32 bits per heavy atom. The van der Waals surface area contributed by atoms with Crippen LogP contribution in [0.25, 0.3) is 0 Å². The second-order valence-electron chi connectivity index (χ2n) is 5.45. The van der Waals surface area contributed by atoms with E-state index in [1.807, 2.05) is 0 Å². The summed E-state index contributed by atoms with van der Waals surface area (Å²) in [5.41, 5.74) is 0.425. The summed E-state index contributed by atoms with van der Waals surface area (Å²) >= 11 is 0. The Labute approximate surface area is 115 Å². The Morgan fingerprint density at radius 3 is 2.68 bits per heavy atom. The van der Waals surface area contributed by atoms with Gasteiger partial charge >= 0.3 is 0 Å². The standard InChI is InChI=1S/C16H24FNO/c1-2-3-11-18(13-8-9-13)12-10-16(19)14-6-4-5-7-15(14)17/h4-7,13,16,19H,2-3,8-12H2,1H3. The molecule has 1 aliphatic carbocycles. The topological polar surface area (TPSA) is 23.5 Å². The van der Waals surface area contributed by atoms with E-state index in [2.05, 4.69) is 11.8 Å². The molecular weight excluding hydrogens is 241 g/mol. The molecule has 0 saturated heterocycles. The highest BCUT2D eigenvalue weighted by molar-refractivity contribution is 5.19. The average Bonchev–Trinajstić information content (AvgIpc) is 3.23. The maximum atomic E-state index is 13.6. The number of unbranched alkanes of at least 4 members (excludes halogenated alkanes) is 1. The summed E-state index contributed by atoms with van der Waals surface area (Å²) in [6.07, 6.45) is 4.87. The lowest BCUT2D eigenvalue weighted by atomic mass is 10.1. The highest BCUT2D eigenvalue weighted by Gasteiger charge is 2.28. The summed E-state index contributed by atoms with van der Waals surface area (Å²) in [6, 6.07) is 7.22. The molecule has 0 bridgehead atoms. The Bertz CT molecular complexity index is 392. The van der Waals surface area contributed by atoms with Crippen molar-refractivity contribution in [3.8, 4) is 0 Å². The third-order valence-corrected chi connectivity index (χ3v) is 3.82. The van der Waals surface area contributed by atoms with Crippen molar-refractivity contribution in [2.75, 3.05) is 13.1 Å². The molecule has 1 atom stereocenters. The maximum Gasteiger partial charge on any atom is 0.128 e. The molecule has 1 saturated carbocycles. The van der Waals surface area contributed by atoms with Crippen LogP contribution in [0.1, 0.15) is 50.7 Å². The van der Waals surface area contributed by atoms with Crippen LogP contribution < -0.4 is 0 Å². The molecule has 0 radical (unpaired) electrons. The van der Waals surface area contributed by atoms with Gasteiger partial charge in [0.1, 0.15) is 5.82 Å². The van der Waals surface area contributed by atoms with E-state index in [9.17, 15) is 9.50 Å². The number of rotatable bonds is 8. The van der Waals surface area contributed by atoms with Crippen LogP contribution in [0.3, 0.4) is 0 Å². The first kappa shape index (κ1) is 14.5. The van der Waals surface area contributed by atoms with Gasteiger partial charge in [0.25, 0.3) is 0 Å². The van der Waals surface area contributed by atoms with Crippen molar-refractivity contribution in [1.82, 2.24) is 4.90 Å². The molecule has 2 nitrogen and oxygen atoms in total. The second-order valence-corrected chi connectivity index (χ2v) is 5.45. The molecule has 1 aromatic rings. The third kappa shape index (κ3) is 4.29. The lowest BCUT2D eigenvalue weighted by Crippen LogP contribution is -2.29. The van der Waals surface area contributed by atoms with Crippen molar-refractivity contribution < 1.29 is 9.50 Å². The van der Waals surface area contributed by atoms with Crippen LogP contribution >= 0.6 is 0 Å². The van der Waals surface area contributed by atoms with Crippen molar-refractivity contribution in [1.29, 1.82) is 0 Å². The van der Waals surface area contributed by atoms with Crippen LogP contribution in [0.15, 0.2) is 24.3 Å². The summed E-state index contributed by atoms with van der Waals surface area (Å²) in [5.74, 6) is -0.304. The largest absolute Gasteiger partial charge is 0.388 e. The fourth-order valence-corrected chi connectivity index (χ4v) is 2.47. The number of benzene rings is 1. The molecule has 3 heteroatoms. The molecular formula is C16H24FNO. The smallest absolute Gasteiger partial charge is 0.128 e. The summed E-state index contributed by atoms with van der Waals surface area (Å²) in [4.78, 5) is 2.45. The van der Waals surface area contributed by atoms with E-state index in [1.165, 1.54) is 31.7 Å². The van der Waals surface area contributed by atoms with Crippen molar-refractivity contribution >= 4 is 0 Å². The van der Waals surface area contributed by atoms with Crippen molar-refractivity contribution in [3.05, 3.63) is 35.6 Å². The predicted octanol–water partition coefficient (Wildman–Crippen LogP) is 3.51. The predicted molar refractivity (Wildman–Crippen MR) is 75.5 cm³/mol. The zero-order chi connectivity index (χ0) is 13.7. The number of hydrogen-bond acceptors (Lipinski definition) is 2. The monoisotopic (exact) mass is 265 g/mol. The van der Waals surface area contributed by atoms with Crippen molar-refractivity contribution in [2.45, 2.75) is 51.2 Å². The van der Waals surface area contributed by atoms with Gasteiger partial charge in [0.15, 0.2) is 0 Å². The van der Waals surface area contributed by atoms with Gasteiger partial charge in [-0.3, -0.25) is 0 Å². The molecule has 19 heavy (non-hydrogen) atoms. The van der Waals surface area contributed by atoms with E-state index < -0.39 is 6.10 Å². The molecule has 1 fully saturated rings. The van der Waals surface area contributed by atoms with E-state index in [-0.39, 0.29) is 5.82 Å². The van der Waals surface area contributed by atoms with Gasteiger partial charge in [-0.1, -0.05) is 31.5 Å². The lowest BCUT2D eigenvalue weighted by Gasteiger charge is -2.23. The molecule has 1 unspecified atom stereocenters. The first-order chi connectivity index (χ1) is 9.22. The van der Waals surface area contributed by atoms with E-state index in [1.54, 1.807) is 18.2 Å². The summed E-state index contributed by atoms with van der Waals surface area (Å²) in [5, 5.41) is 10.1. The fourth-order valence-electron chi connectivity index (χ4n) is 2.47. The summed E-state index contributed by atoms with van der Waals surface area (Å²) in [6.45, 7) is 4.16. The molecule has 0 aromatic heterocycles. The fraction of sp³-hybridized carbons (Fsp3) is 0.625. The molecule has 106 valence electrons. The number of hydrogen-bond donors (Lipinski definition) is 1. The summed E-state index contributed by atoms with van der Waals surface area (Å²) < 4.78 is 13.6. The minimum atomic E-state index is -0.691. The molecule has 0 heterocycles. The van der Waals surface area contributed by atoms with E-state index in [4.69, 9.17) is 0 Å². The van der Waals surface area contributed by atoms with E-state index >= 15 is 0 Å². The average molecular weight is 265 g/mol. The molecule has 0 amide bonds. The van der Waals surface area contributed by atoms with Gasteiger partial charge in [-0.15, -0.1) is 0 Å². The highest BCUT2D eigenvalue weighted by atomic mass is 19.1. The van der Waals surface area contributed by atoms with Crippen LogP contribution in [0.5, 0.6) is 0 Å². The minimum Gasteiger partial charge on any atom is -0.388 e. The zero-order valence-corrected chi connectivity index (χ0v) is 11.7. The number of aliphatic hydroxyl groups excluding tert-OH is 1. The van der Waals surface area contributed by atoms with Gasteiger partial charge in [0.05, 0.1) is 6.10 Å². The molecule has 1 aliphatic rings. The SMILES string of the molecule is CCCCN(CCC(O)c1ccccc1F)C1CC1. The quantitative estimate of drug-likeness (QED) is 0.777. The Balaban J connectivity index is 1.84. The number of nitrogens with zero attached hydrogens (tertiary/aromatic N) is 1. The van der Waals surface area contributed by atoms with Crippen molar-refractivity contribution in [3.63, 3.8) is 0 Å². The lowest BCUT2D eigenvalue weighted by molar-refractivity contribution is 0.135. The maximum absolute atomic E-state index is 13.6. The highest BCUT2D eigenvalue weighted by Crippen LogP contribution is 2.28. The van der Waals surface area contributed by atoms with Gasteiger partial charge < -0.3 is 10.0 Å². The third-order valence-electron chi connectivity index (χ3n) is 3.82.